The van der Waals surface area contributed by atoms with E-state index in [4.69, 9.17) is 23.2 Å². The lowest BCUT2D eigenvalue weighted by Crippen LogP contribution is -2.31. The molecule has 1 nitrogen and oxygen atoms in total. The van der Waals surface area contributed by atoms with Gasteiger partial charge in [0.1, 0.15) is 5.82 Å². The summed E-state index contributed by atoms with van der Waals surface area (Å²) >= 11 is 12.1. The first-order valence-electron chi connectivity index (χ1n) is 6.15. The van der Waals surface area contributed by atoms with Crippen LogP contribution in [-0.4, -0.2) is 6.54 Å². The van der Waals surface area contributed by atoms with Gasteiger partial charge in [0.25, 0.3) is 0 Å². The smallest absolute Gasteiger partial charge is 0.142 e. The summed E-state index contributed by atoms with van der Waals surface area (Å²) in [6.07, 6.45) is 1.07. The maximum absolute atomic E-state index is 13.4. The van der Waals surface area contributed by atoms with E-state index in [0.29, 0.717) is 10.6 Å². The minimum Gasteiger partial charge on any atom is -0.310 e. The molecule has 0 saturated heterocycles. The second-order valence-corrected chi connectivity index (χ2v) is 6.16. The fourth-order valence-electron chi connectivity index (χ4n) is 1.60. The highest BCUT2D eigenvalue weighted by Crippen LogP contribution is 2.32. The largest absolute Gasteiger partial charge is 0.310 e. The van der Waals surface area contributed by atoms with E-state index in [-0.39, 0.29) is 16.5 Å². The van der Waals surface area contributed by atoms with Gasteiger partial charge in [-0.05, 0) is 30.9 Å². The maximum atomic E-state index is 13.4. The Hall–Kier alpha value is -0.310. The van der Waals surface area contributed by atoms with Crippen molar-refractivity contribution in [3.8, 4) is 0 Å². The van der Waals surface area contributed by atoms with Crippen molar-refractivity contribution < 1.29 is 4.39 Å². The van der Waals surface area contributed by atoms with Gasteiger partial charge in [-0.3, -0.25) is 0 Å². The number of hydrogen-bond acceptors (Lipinski definition) is 1. The van der Waals surface area contributed by atoms with E-state index in [9.17, 15) is 4.39 Å². The van der Waals surface area contributed by atoms with E-state index < -0.39 is 5.82 Å². The molecule has 1 atom stereocenters. The lowest BCUT2D eigenvalue weighted by Gasteiger charge is -2.26. The monoisotopic (exact) mass is 291 g/mol. The quantitative estimate of drug-likeness (QED) is 0.734. The zero-order valence-electron chi connectivity index (χ0n) is 11.3. The Morgan fingerprint density at radius 1 is 1.33 bits per heavy atom. The highest BCUT2D eigenvalue weighted by molar-refractivity contribution is 6.36. The van der Waals surface area contributed by atoms with E-state index in [0.717, 1.165) is 13.0 Å². The van der Waals surface area contributed by atoms with E-state index in [1.54, 1.807) is 6.07 Å². The topological polar surface area (TPSA) is 12.0 Å². The van der Waals surface area contributed by atoms with Gasteiger partial charge in [-0.15, -0.1) is 0 Å². The van der Waals surface area contributed by atoms with Gasteiger partial charge in [0, 0.05) is 23.2 Å². The summed E-state index contributed by atoms with van der Waals surface area (Å²) in [5.41, 5.74) is 0.825. The first kappa shape index (κ1) is 15.7. The predicted octanol–water partition coefficient (Wildman–Crippen LogP) is 5.22. The van der Waals surface area contributed by atoms with Gasteiger partial charge < -0.3 is 5.32 Å². The first-order valence-corrected chi connectivity index (χ1v) is 6.91. The maximum Gasteiger partial charge on any atom is 0.142 e. The Morgan fingerprint density at radius 2 is 1.94 bits per heavy atom. The Labute approximate surface area is 119 Å². The molecule has 0 aliphatic heterocycles. The number of nitrogens with one attached hydrogen (secondary N) is 1. The minimum atomic E-state index is -0.431. The lowest BCUT2D eigenvalue weighted by atomic mass is 9.90. The summed E-state index contributed by atoms with van der Waals surface area (Å²) in [5, 5.41) is 3.97. The average molecular weight is 292 g/mol. The summed E-state index contributed by atoms with van der Waals surface area (Å²) in [6.45, 7) is 9.28. The molecule has 1 unspecified atom stereocenters. The Balaban J connectivity index is 2.85. The fourth-order valence-corrected chi connectivity index (χ4v) is 2.29. The van der Waals surface area contributed by atoms with Gasteiger partial charge in [-0.25, -0.2) is 4.39 Å². The van der Waals surface area contributed by atoms with Crippen molar-refractivity contribution in [1.29, 1.82) is 0 Å². The van der Waals surface area contributed by atoms with Crippen molar-refractivity contribution in [3.63, 3.8) is 0 Å². The average Bonchev–Trinajstić information content (AvgIpc) is 2.32. The van der Waals surface area contributed by atoms with Crippen LogP contribution in [0.3, 0.4) is 0 Å². The third-order valence-corrected chi connectivity index (χ3v) is 4.07. The van der Waals surface area contributed by atoms with E-state index in [1.807, 2.05) is 6.92 Å². The molecule has 102 valence electrons. The van der Waals surface area contributed by atoms with E-state index >= 15 is 0 Å². The molecule has 0 aliphatic rings. The molecule has 0 aromatic heterocycles. The molecule has 1 aromatic carbocycles. The van der Waals surface area contributed by atoms with Crippen molar-refractivity contribution in [1.82, 2.24) is 5.32 Å². The molecule has 0 saturated carbocycles. The third-order valence-electron chi connectivity index (χ3n) is 3.36. The van der Waals surface area contributed by atoms with Gasteiger partial charge in [0.05, 0.1) is 5.02 Å². The van der Waals surface area contributed by atoms with Gasteiger partial charge >= 0.3 is 0 Å². The molecule has 1 N–H and O–H groups in total. The van der Waals surface area contributed by atoms with Gasteiger partial charge in [-0.2, -0.15) is 0 Å². The molecule has 1 aromatic rings. The molecule has 4 heteroatoms. The van der Waals surface area contributed by atoms with Crippen LogP contribution in [0.4, 0.5) is 4.39 Å². The van der Waals surface area contributed by atoms with Crippen LogP contribution in [0.1, 0.15) is 45.7 Å². The lowest BCUT2D eigenvalue weighted by molar-refractivity contribution is 0.314. The van der Waals surface area contributed by atoms with Crippen molar-refractivity contribution in [2.75, 3.05) is 6.54 Å². The summed E-state index contributed by atoms with van der Waals surface area (Å²) in [6, 6.07) is 2.75. The van der Waals surface area contributed by atoms with Crippen LogP contribution in [0.2, 0.25) is 10.0 Å². The fraction of sp³-hybridized carbons (Fsp3) is 0.571. The molecule has 0 bridgehead atoms. The number of halogens is 3. The Bertz CT molecular complexity index is 419. The highest BCUT2D eigenvalue weighted by atomic mass is 35.5. The molecule has 18 heavy (non-hydrogen) atoms. The molecular formula is C14H20Cl2FN. The second-order valence-electron chi connectivity index (χ2n) is 5.38. The normalized spacial score (nSPS) is 13.7. The molecule has 0 amide bonds. The van der Waals surface area contributed by atoms with Crippen LogP contribution < -0.4 is 5.32 Å². The number of rotatable bonds is 5. The Kier molecular flexibility index (Phi) is 5.45. The first-order chi connectivity index (χ1) is 8.28. The zero-order valence-corrected chi connectivity index (χ0v) is 12.8. The SMILES string of the molecule is CCC(C)(C)CNC(C)c1c(Cl)ccc(F)c1Cl. The summed E-state index contributed by atoms with van der Waals surface area (Å²) in [4.78, 5) is 0. The van der Waals surface area contributed by atoms with Crippen molar-refractivity contribution in [3.05, 3.63) is 33.6 Å². The van der Waals surface area contributed by atoms with Gasteiger partial charge in [0.15, 0.2) is 0 Å². The summed E-state index contributed by atoms with van der Waals surface area (Å²) in [7, 11) is 0. The van der Waals surface area contributed by atoms with Gasteiger partial charge in [-0.1, -0.05) is 44.0 Å². The van der Waals surface area contributed by atoms with Crippen LogP contribution in [0.25, 0.3) is 0 Å². The third kappa shape index (κ3) is 3.84. The van der Waals surface area contributed by atoms with Crippen molar-refractivity contribution in [2.24, 2.45) is 5.41 Å². The number of hydrogen-bond donors (Lipinski definition) is 1. The minimum absolute atomic E-state index is 0.0773. The molecule has 1 rings (SSSR count). The van der Waals surface area contributed by atoms with Crippen LogP contribution >= 0.6 is 23.2 Å². The van der Waals surface area contributed by atoms with E-state index in [2.05, 4.69) is 26.1 Å². The van der Waals surface area contributed by atoms with Crippen molar-refractivity contribution in [2.45, 2.75) is 40.2 Å². The second kappa shape index (κ2) is 6.23. The van der Waals surface area contributed by atoms with Crippen molar-refractivity contribution >= 4 is 23.2 Å². The molecule has 0 fully saturated rings. The number of benzene rings is 1. The zero-order chi connectivity index (χ0) is 13.9. The van der Waals surface area contributed by atoms with Crippen LogP contribution in [0, 0.1) is 11.2 Å². The summed E-state index contributed by atoms with van der Waals surface area (Å²) < 4.78 is 13.4. The molecule has 0 spiro atoms. The standard InChI is InChI=1S/C14H20Cl2FN/c1-5-14(3,4)8-18-9(2)12-10(15)6-7-11(17)13(12)16/h6-7,9,18H,5,8H2,1-4H3. The van der Waals surface area contributed by atoms with Crippen LogP contribution in [0.5, 0.6) is 0 Å². The van der Waals surface area contributed by atoms with E-state index in [1.165, 1.54) is 6.07 Å². The molecule has 0 heterocycles. The molecule has 0 aliphatic carbocycles. The van der Waals surface area contributed by atoms with Gasteiger partial charge in [0.2, 0.25) is 0 Å². The predicted molar refractivity (Wildman–Crippen MR) is 76.9 cm³/mol. The Morgan fingerprint density at radius 3 is 2.50 bits per heavy atom. The van der Waals surface area contributed by atoms with Crippen LogP contribution in [-0.2, 0) is 0 Å². The molecular weight excluding hydrogens is 272 g/mol. The molecule has 0 radical (unpaired) electrons. The van der Waals surface area contributed by atoms with Crippen LogP contribution in [0.15, 0.2) is 12.1 Å². The highest BCUT2D eigenvalue weighted by Gasteiger charge is 2.20. The summed E-state index contributed by atoms with van der Waals surface area (Å²) in [5.74, 6) is -0.431.